The van der Waals surface area contributed by atoms with Crippen molar-refractivity contribution < 1.29 is 9.26 Å². The zero-order chi connectivity index (χ0) is 11.8. The topological polar surface area (TPSA) is 61.0 Å². The average molecular weight is 251 g/mol. The van der Waals surface area contributed by atoms with E-state index in [2.05, 4.69) is 15.1 Å². The van der Waals surface area contributed by atoms with Crippen LogP contribution in [0.5, 0.6) is 0 Å². The standard InChI is InChI=1S/C11H13N3O2S/c1-6-9(12-7(2)17-6)11-13-10(14-16-11)8-3-4-15-5-8/h8H,3-5H2,1-2H3. The van der Waals surface area contributed by atoms with E-state index in [9.17, 15) is 0 Å². The maximum Gasteiger partial charge on any atom is 0.277 e. The molecule has 0 radical (unpaired) electrons. The number of aromatic nitrogens is 3. The summed E-state index contributed by atoms with van der Waals surface area (Å²) >= 11 is 1.64. The SMILES string of the molecule is Cc1nc(-c2nc(C3CCOC3)no2)c(C)s1. The van der Waals surface area contributed by atoms with Crippen LogP contribution in [-0.2, 0) is 4.74 Å². The van der Waals surface area contributed by atoms with Gasteiger partial charge in [-0.3, -0.25) is 0 Å². The fraction of sp³-hybridized carbons (Fsp3) is 0.545. The lowest BCUT2D eigenvalue weighted by atomic mass is 10.1. The van der Waals surface area contributed by atoms with E-state index in [1.165, 1.54) is 0 Å². The third-order valence-electron chi connectivity index (χ3n) is 2.84. The van der Waals surface area contributed by atoms with Gasteiger partial charge in [0.2, 0.25) is 0 Å². The Morgan fingerprint density at radius 2 is 2.18 bits per heavy atom. The van der Waals surface area contributed by atoms with Crippen molar-refractivity contribution in [3.8, 4) is 11.6 Å². The van der Waals surface area contributed by atoms with Crippen molar-refractivity contribution in [2.24, 2.45) is 0 Å². The van der Waals surface area contributed by atoms with Crippen molar-refractivity contribution in [3.05, 3.63) is 15.7 Å². The number of hydrogen-bond donors (Lipinski definition) is 0. The van der Waals surface area contributed by atoms with Gasteiger partial charge in [-0.15, -0.1) is 11.3 Å². The zero-order valence-corrected chi connectivity index (χ0v) is 10.6. The first-order valence-corrected chi connectivity index (χ1v) is 6.41. The van der Waals surface area contributed by atoms with Gasteiger partial charge in [0.05, 0.1) is 11.6 Å². The van der Waals surface area contributed by atoms with Gasteiger partial charge >= 0.3 is 0 Å². The van der Waals surface area contributed by atoms with Crippen LogP contribution in [0, 0.1) is 13.8 Å². The molecule has 0 amide bonds. The quantitative estimate of drug-likeness (QED) is 0.819. The smallest absolute Gasteiger partial charge is 0.277 e. The van der Waals surface area contributed by atoms with Crippen LogP contribution in [0.4, 0.5) is 0 Å². The molecular weight excluding hydrogens is 238 g/mol. The number of thiazole rings is 1. The van der Waals surface area contributed by atoms with E-state index >= 15 is 0 Å². The van der Waals surface area contributed by atoms with E-state index in [4.69, 9.17) is 9.26 Å². The van der Waals surface area contributed by atoms with Crippen LogP contribution in [0.3, 0.4) is 0 Å². The molecule has 1 fully saturated rings. The Morgan fingerprint density at radius 1 is 1.29 bits per heavy atom. The minimum absolute atomic E-state index is 0.271. The molecule has 3 rings (SSSR count). The molecule has 2 aromatic heterocycles. The van der Waals surface area contributed by atoms with Crippen LogP contribution in [0.25, 0.3) is 11.6 Å². The molecule has 0 aliphatic carbocycles. The molecule has 0 bridgehead atoms. The van der Waals surface area contributed by atoms with Crippen molar-refractivity contribution in [2.75, 3.05) is 13.2 Å². The van der Waals surface area contributed by atoms with Crippen LogP contribution >= 0.6 is 11.3 Å². The maximum absolute atomic E-state index is 5.32. The van der Waals surface area contributed by atoms with Gasteiger partial charge in [-0.2, -0.15) is 4.98 Å². The summed E-state index contributed by atoms with van der Waals surface area (Å²) in [6, 6.07) is 0. The largest absolute Gasteiger partial charge is 0.381 e. The van der Waals surface area contributed by atoms with Gasteiger partial charge in [-0.05, 0) is 20.3 Å². The van der Waals surface area contributed by atoms with E-state index in [1.54, 1.807) is 11.3 Å². The molecule has 3 heterocycles. The van der Waals surface area contributed by atoms with Crippen molar-refractivity contribution in [1.82, 2.24) is 15.1 Å². The first-order valence-electron chi connectivity index (χ1n) is 5.60. The average Bonchev–Trinajstić information content (AvgIpc) is 2.97. The molecule has 0 aromatic carbocycles. The summed E-state index contributed by atoms with van der Waals surface area (Å²) in [7, 11) is 0. The monoisotopic (exact) mass is 251 g/mol. The number of rotatable bonds is 2. The highest BCUT2D eigenvalue weighted by Gasteiger charge is 2.24. The minimum Gasteiger partial charge on any atom is -0.381 e. The Labute approximate surface area is 103 Å². The predicted molar refractivity (Wildman–Crippen MR) is 63.1 cm³/mol. The van der Waals surface area contributed by atoms with Crippen molar-refractivity contribution in [3.63, 3.8) is 0 Å². The summed E-state index contributed by atoms with van der Waals surface area (Å²) in [6.07, 6.45) is 0.966. The number of nitrogens with zero attached hydrogens (tertiary/aromatic N) is 3. The Bertz CT molecular complexity index is 529. The van der Waals surface area contributed by atoms with Gasteiger partial charge < -0.3 is 9.26 Å². The molecule has 2 aromatic rings. The van der Waals surface area contributed by atoms with Gasteiger partial charge in [0.25, 0.3) is 5.89 Å². The second-order valence-corrected chi connectivity index (χ2v) is 5.56. The van der Waals surface area contributed by atoms with E-state index in [0.717, 1.165) is 34.4 Å². The Morgan fingerprint density at radius 3 is 2.82 bits per heavy atom. The van der Waals surface area contributed by atoms with Crippen LogP contribution in [0.1, 0.15) is 28.0 Å². The van der Waals surface area contributed by atoms with Gasteiger partial charge in [0, 0.05) is 17.4 Å². The Kier molecular flexibility index (Phi) is 2.68. The first kappa shape index (κ1) is 10.9. The maximum atomic E-state index is 5.32. The van der Waals surface area contributed by atoms with Crippen LogP contribution < -0.4 is 0 Å². The number of hydrogen-bond acceptors (Lipinski definition) is 6. The molecule has 17 heavy (non-hydrogen) atoms. The molecule has 1 saturated heterocycles. The van der Waals surface area contributed by atoms with Crippen molar-refractivity contribution in [2.45, 2.75) is 26.2 Å². The van der Waals surface area contributed by atoms with E-state index in [0.29, 0.717) is 12.5 Å². The lowest BCUT2D eigenvalue weighted by molar-refractivity contribution is 0.192. The lowest BCUT2D eigenvalue weighted by Crippen LogP contribution is -1.99. The molecule has 0 spiro atoms. The van der Waals surface area contributed by atoms with E-state index in [1.807, 2.05) is 13.8 Å². The molecule has 1 aliphatic rings. The molecule has 1 atom stereocenters. The highest BCUT2D eigenvalue weighted by molar-refractivity contribution is 7.11. The van der Waals surface area contributed by atoms with Crippen LogP contribution in [0.2, 0.25) is 0 Å². The Balaban J connectivity index is 1.91. The molecule has 0 saturated carbocycles. The number of aryl methyl sites for hydroxylation is 2. The van der Waals surface area contributed by atoms with Crippen LogP contribution in [-0.4, -0.2) is 28.3 Å². The summed E-state index contributed by atoms with van der Waals surface area (Å²) in [4.78, 5) is 9.95. The molecule has 90 valence electrons. The molecule has 5 nitrogen and oxygen atoms in total. The lowest BCUT2D eigenvalue weighted by Gasteiger charge is -1.97. The summed E-state index contributed by atoms with van der Waals surface area (Å²) < 4.78 is 10.6. The number of ether oxygens (including phenoxy) is 1. The third-order valence-corrected chi connectivity index (χ3v) is 3.73. The van der Waals surface area contributed by atoms with Crippen molar-refractivity contribution in [1.29, 1.82) is 0 Å². The summed E-state index contributed by atoms with van der Waals surface area (Å²) in [5.74, 6) is 1.53. The second kappa shape index (κ2) is 4.19. The normalized spacial score (nSPS) is 20.0. The van der Waals surface area contributed by atoms with Gasteiger partial charge in [-0.1, -0.05) is 5.16 Å². The van der Waals surface area contributed by atoms with Crippen LogP contribution in [0.15, 0.2) is 4.52 Å². The van der Waals surface area contributed by atoms with Gasteiger partial charge in [0.15, 0.2) is 5.82 Å². The van der Waals surface area contributed by atoms with Gasteiger partial charge in [0.1, 0.15) is 5.69 Å². The fourth-order valence-corrected chi connectivity index (χ4v) is 2.77. The predicted octanol–water partition coefficient (Wildman–Crippen LogP) is 2.31. The molecule has 1 aliphatic heterocycles. The summed E-state index contributed by atoms with van der Waals surface area (Å²) in [5.41, 5.74) is 0.810. The molecule has 1 unspecified atom stereocenters. The van der Waals surface area contributed by atoms with E-state index < -0.39 is 0 Å². The zero-order valence-electron chi connectivity index (χ0n) is 9.77. The minimum atomic E-state index is 0.271. The highest BCUT2D eigenvalue weighted by Crippen LogP contribution is 2.28. The summed E-state index contributed by atoms with van der Waals surface area (Å²) in [5, 5.41) is 5.04. The summed E-state index contributed by atoms with van der Waals surface area (Å²) in [6.45, 7) is 5.46. The second-order valence-electron chi connectivity index (χ2n) is 4.16. The van der Waals surface area contributed by atoms with Crippen molar-refractivity contribution >= 4 is 11.3 Å². The first-order chi connectivity index (χ1) is 8.24. The fourth-order valence-electron chi connectivity index (χ4n) is 1.96. The molecule has 6 heteroatoms. The van der Waals surface area contributed by atoms with E-state index in [-0.39, 0.29) is 5.92 Å². The highest BCUT2D eigenvalue weighted by atomic mass is 32.1. The van der Waals surface area contributed by atoms with Gasteiger partial charge in [-0.25, -0.2) is 4.98 Å². The molecular formula is C11H13N3O2S. The Hall–Kier alpha value is -1.27. The third kappa shape index (κ3) is 1.98. The molecule has 0 N–H and O–H groups in total.